The van der Waals surface area contributed by atoms with Crippen LogP contribution >= 0.6 is 23.5 Å². The van der Waals surface area contributed by atoms with Gasteiger partial charge in [0.1, 0.15) is 12.1 Å². The van der Waals surface area contributed by atoms with Crippen molar-refractivity contribution in [3.8, 4) is 0 Å². The number of rotatable bonds is 9. The van der Waals surface area contributed by atoms with Gasteiger partial charge in [-0.15, -0.1) is 0 Å². The molecule has 2 atom stereocenters. The van der Waals surface area contributed by atoms with E-state index in [1.54, 1.807) is 23.5 Å². The fourth-order valence-corrected chi connectivity index (χ4v) is 2.05. The van der Waals surface area contributed by atoms with Crippen LogP contribution in [-0.2, 0) is 9.59 Å². The third-order valence-corrected chi connectivity index (χ3v) is 3.62. The van der Waals surface area contributed by atoms with Crippen LogP contribution in [0.1, 0.15) is 19.8 Å². The number of hydrogen-bond acceptors (Lipinski definition) is 6. The minimum absolute atomic E-state index is 0.552. The molecule has 114 valence electrons. The van der Waals surface area contributed by atoms with E-state index in [4.69, 9.17) is 21.7 Å². The van der Waals surface area contributed by atoms with E-state index < -0.39 is 24.0 Å². The van der Waals surface area contributed by atoms with Gasteiger partial charge in [-0.25, -0.2) is 0 Å². The maximum atomic E-state index is 10.2. The predicted molar refractivity (Wildman–Crippen MR) is 81.8 cm³/mol. The summed E-state index contributed by atoms with van der Waals surface area (Å²) >= 11 is 3.31. The molecule has 0 aromatic heterocycles. The van der Waals surface area contributed by atoms with Crippen LogP contribution in [0.4, 0.5) is 0 Å². The number of carboxylic acids is 2. The minimum atomic E-state index is -0.913. The molecule has 0 saturated carbocycles. The molecular formula is C11H24N2O4S2. The van der Waals surface area contributed by atoms with E-state index in [-0.39, 0.29) is 0 Å². The molecule has 0 amide bonds. The lowest BCUT2D eigenvalue weighted by atomic mass is 10.2. The minimum Gasteiger partial charge on any atom is -0.480 e. The highest BCUT2D eigenvalue weighted by Gasteiger charge is 2.09. The standard InChI is InChI=1S/C6H13NO2S.C5H11NO2S/c1-2-10-4-3-5(7)6(8)9;1-9-3-2-4(6)5(7)8/h5H,2-4,7H2,1H3,(H,8,9);4H,2-3,6H2,1H3,(H,7,8)/t5-;4-/m01/s1. The Kier molecular flexibility index (Phi) is 15.4. The van der Waals surface area contributed by atoms with Crippen molar-refractivity contribution in [1.82, 2.24) is 0 Å². The first-order valence-electron chi connectivity index (χ1n) is 5.90. The Bertz CT molecular complexity index is 255. The van der Waals surface area contributed by atoms with Gasteiger partial charge < -0.3 is 21.7 Å². The van der Waals surface area contributed by atoms with Gasteiger partial charge in [0.2, 0.25) is 0 Å². The Labute approximate surface area is 122 Å². The highest BCUT2D eigenvalue weighted by Crippen LogP contribution is 2.02. The van der Waals surface area contributed by atoms with Gasteiger partial charge in [0.05, 0.1) is 0 Å². The molecule has 0 aliphatic heterocycles. The van der Waals surface area contributed by atoms with Crippen LogP contribution in [0, 0.1) is 0 Å². The number of hydrogen-bond donors (Lipinski definition) is 4. The Morgan fingerprint density at radius 1 is 1.05 bits per heavy atom. The first-order chi connectivity index (χ1) is 8.86. The van der Waals surface area contributed by atoms with Crippen LogP contribution in [0.2, 0.25) is 0 Å². The summed E-state index contributed by atoms with van der Waals surface area (Å²) < 4.78 is 0. The van der Waals surface area contributed by atoms with Crippen molar-refractivity contribution >= 4 is 35.5 Å². The molecule has 6 nitrogen and oxygen atoms in total. The van der Waals surface area contributed by atoms with Crippen LogP contribution in [0.15, 0.2) is 0 Å². The van der Waals surface area contributed by atoms with E-state index in [0.29, 0.717) is 12.8 Å². The van der Waals surface area contributed by atoms with Gasteiger partial charge in [-0.1, -0.05) is 6.92 Å². The Balaban J connectivity index is 0. The first kappa shape index (κ1) is 20.9. The normalized spacial score (nSPS) is 13.1. The maximum absolute atomic E-state index is 10.2. The topological polar surface area (TPSA) is 127 Å². The van der Waals surface area contributed by atoms with E-state index in [2.05, 4.69) is 0 Å². The maximum Gasteiger partial charge on any atom is 0.320 e. The first-order valence-corrected chi connectivity index (χ1v) is 8.45. The molecule has 0 aliphatic carbocycles. The second-order valence-electron chi connectivity index (χ2n) is 3.66. The van der Waals surface area contributed by atoms with Crippen molar-refractivity contribution in [2.75, 3.05) is 23.5 Å². The number of nitrogens with two attached hydrogens (primary N) is 2. The third-order valence-electron chi connectivity index (χ3n) is 2.04. The number of thioether (sulfide) groups is 2. The predicted octanol–water partition coefficient (Wildman–Crippen LogP) is 0.693. The summed E-state index contributed by atoms with van der Waals surface area (Å²) in [7, 11) is 0. The molecule has 0 aromatic carbocycles. The zero-order valence-corrected chi connectivity index (χ0v) is 13.0. The van der Waals surface area contributed by atoms with Crippen molar-refractivity contribution in [2.45, 2.75) is 31.8 Å². The highest BCUT2D eigenvalue weighted by molar-refractivity contribution is 7.99. The summed E-state index contributed by atoms with van der Waals surface area (Å²) in [6.07, 6.45) is 3.04. The average Bonchev–Trinajstić information content (AvgIpc) is 2.36. The molecule has 0 radical (unpaired) electrons. The zero-order chi connectivity index (χ0) is 15.3. The van der Waals surface area contributed by atoms with Crippen LogP contribution in [-0.4, -0.2) is 57.7 Å². The van der Waals surface area contributed by atoms with Crippen LogP contribution in [0.25, 0.3) is 0 Å². The molecule has 0 bridgehead atoms. The van der Waals surface area contributed by atoms with Crippen molar-refractivity contribution in [2.24, 2.45) is 11.5 Å². The van der Waals surface area contributed by atoms with Gasteiger partial charge >= 0.3 is 11.9 Å². The van der Waals surface area contributed by atoms with Crippen molar-refractivity contribution in [3.63, 3.8) is 0 Å². The summed E-state index contributed by atoms with van der Waals surface area (Å²) in [5.41, 5.74) is 10.4. The Hall–Kier alpha value is -0.440. The summed E-state index contributed by atoms with van der Waals surface area (Å²) in [6.45, 7) is 2.04. The summed E-state index contributed by atoms with van der Waals surface area (Å²) in [5, 5.41) is 16.6. The van der Waals surface area contributed by atoms with Crippen LogP contribution in [0.5, 0.6) is 0 Å². The van der Waals surface area contributed by atoms with Crippen molar-refractivity contribution in [1.29, 1.82) is 0 Å². The zero-order valence-electron chi connectivity index (χ0n) is 11.4. The molecular weight excluding hydrogens is 288 g/mol. The molecule has 0 aromatic rings. The SMILES string of the molecule is CCSCC[C@H](N)C(=O)O.CSCC[C@@H](N)C(=O)O. The Morgan fingerprint density at radius 2 is 1.47 bits per heavy atom. The molecule has 0 aliphatic rings. The molecule has 19 heavy (non-hydrogen) atoms. The van der Waals surface area contributed by atoms with Gasteiger partial charge in [-0.05, 0) is 36.4 Å². The number of carboxylic acid groups (broad SMARTS) is 2. The van der Waals surface area contributed by atoms with Crippen molar-refractivity contribution in [3.05, 3.63) is 0 Å². The number of carbonyl (C=O) groups is 2. The van der Waals surface area contributed by atoms with Gasteiger partial charge in [-0.3, -0.25) is 9.59 Å². The van der Waals surface area contributed by atoms with Crippen molar-refractivity contribution < 1.29 is 19.8 Å². The summed E-state index contributed by atoms with van der Waals surface area (Å²) in [6, 6.07) is -1.36. The van der Waals surface area contributed by atoms with Gasteiger partial charge in [-0.2, -0.15) is 23.5 Å². The molecule has 0 unspecified atom stereocenters. The molecule has 0 rings (SSSR count). The lowest BCUT2D eigenvalue weighted by Crippen LogP contribution is -2.30. The Morgan fingerprint density at radius 3 is 1.79 bits per heavy atom. The highest BCUT2D eigenvalue weighted by atomic mass is 32.2. The summed E-state index contributed by atoms with van der Waals surface area (Å²) in [5.74, 6) is 0.852. The van der Waals surface area contributed by atoms with Gasteiger partial charge in [0.25, 0.3) is 0 Å². The van der Waals surface area contributed by atoms with E-state index in [0.717, 1.165) is 17.3 Å². The third kappa shape index (κ3) is 15.5. The molecule has 6 N–H and O–H groups in total. The smallest absolute Gasteiger partial charge is 0.320 e. The quantitative estimate of drug-likeness (QED) is 0.458. The van der Waals surface area contributed by atoms with Crippen LogP contribution in [0.3, 0.4) is 0 Å². The molecule has 0 fully saturated rings. The second-order valence-corrected chi connectivity index (χ2v) is 6.04. The van der Waals surface area contributed by atoms with Gasteiger partial charge in [0, 0.05) is 0 Å². The van der Waals surface area contributed by atoms with E-state index in [9.17, 15) is 9.59 Å². The lowest BCUT2D eigenvalue weighted by Gasteiger charge is -2.03. The van der Waals surface area contributed by atoms with E-state index >= 15 is 0 Å². The molecule has 0 heterocycles. The van der Waals surface area contributed by atoms with Crippen LogP contribution < -0.4 is 11.5 Å². The molecule has 8 heteroatoms. The lowest BCUT2D eigenvalue weighted by molar-refractivity contribution is -0.139. The monoisotopic (exact) mass is 312 g/mol. The van der Waals surface area contributed by atoms with Gasteiger partial charge in [0.15, 0.2) is 0 Å². The molecule has 0 saturated heterocycles. The molecule has 0 spiro atoms. The average molecular weight is 312 g/mol. The fourth-order valence-electron chi connectivity index (χ4n) is 0.846. The fraction of sp³-hybridized carbons (Fsp3) is 0.818. The van der Waals surface area contributed by atoms with E-state index in [1.807, 2.05) is 13.2 Å². The summed E-state index contributed by atoms with van der Waals surface area (Å²) in [4.78, 5) is 20.2. The second kappa shape index (κ2) is 14.0. The largest absolute Gasteiger partial charge is 0.480 e. The van der Waals surface area contributed by atoms with E-state index in [1.165, 1.54) is 0 Å². The number of aliphatic carboxylic acids is 2.